The third-order valence-electron chi connectivity index (χ3n) is 3.78. The number of aryl methyl sites for hydroxylation is 1. The molecule has 0 bridgehead atoms. The molecule has 2 aromatic rings. The van der Waals surface area contributed by atoms with E-state index in [0.29, 0.717) is 12.5 Å². The van der Waals surface area contributed by atoms with Gasteiger partial charge in [0.25, 0.3) is 5.56 Å². The molecule has 3 rings (SSSR count). The van der Waals surface area contributed by atoms with Gasteiger partial charge in [-0.25, -0.2) is 4.98 Å². The second-order valence-electron chi connectivity index (χ2n) is 5.88. The highest BCUT2D eigenvalue weighted by atomic mass is 32.1. The number of nitrogens with two attached hydrogens (primary N) is 1. The van der Waals surface area contributed by atoms with Gasteiger partial charge >= 0.3 is 0 Å². The monoisotopic (exact) mass is 292 g/mol. The van der Waals surface area contributed by atoms with Crippen LogP contribution in [0.3, 0.4) is 0 Å². The summed E-state index contributed by atoms with van der Waals surface area (Å²) in [6, 6.07) is 1.88. The molecule has 0 amide bonds. The molecule has 3 heterocycles. The van der Waals surface area contributed by atoms with Gasteiger partial charge in [0.1, 0.15) is 0 Å². The van der Waals surface area contributed by atoms with E-state index in [0.717, 1.165) is 35.9 Å². The molecular formula is C14H20N4OS. The summed E-state index contributed by atoms with van der Waals surface area (Å²) in [4.78, 5) is 19.8. The number of rotatable bonds is 2. The Hall–Kier alpha value is -1.24. The molecule has 2 aromatic heterocycles. The van der Waals surface area contributed by atoms with Crippen LogP contribution in [0.2, 0.25) is 0 Å². The quantitative estimate of drug-likeness (QED) is 0.904. The van der Waals surface area contributed by atoms with Crippen LogP contribution < -0.4 is 11.3 Å². The van der Waals surface area contributed by atoms with E-state index in [-0.39, 0.29) is 11.6 Å². The van der Waals surface area contributed by atoms with Crippen molar-refractivity contribution < 1.29 is 0 Å². The summed E-state index contributed by atoms with van der Waals surface area (Å²) in [6.07, 6.45) is 1.08. The zero-order valence-electron chi connectivity index (χ0n) is 11.9. The van der Waals surface area contributed by atoms with Gasteiger partial charge in [-0.1, -0.05) is 6.92 Å². The number of fused-ring (bicyclic) bond motifs is 1. The first-order valence-corrected chi connectivity index (χ1v) is 7.85. The molecular weight excluding hydrogens is 272 g/mol. The molecule has 2 atom stereocenters. The van der Waals surface area contributed by atoms with Gasteiger partial charge in [0.2, 0.25) is 0 Å². The summed E-state index contributed by atoms with van der Waals surface area (Å²) in [5, 5.41) is 1.96. The molecule has 2 N–H and O–H groups in total. The van der Waals surface area contributed by atoms with E-state index in [1.54, 1.807) is 10.5 Å². The molecule has 1 aliphatic heterocycles. The highest BCUT2D eigenvalue weighted by molar-refractivity contribution is 7.15. The zero-order valence-corrected chi connectivity index (χ0v) is 12.7. The number of piperidine rings is 1. The van der Waals surface area contributed by atoms with Crippen LogP contribution >= 0.6 is 11.3 Å². The Kier molecular flexibility index (Phi) is 3.62. The van der Waals surface area contributed by atoms with Crippen LogP contribution in [-0.2, 0) is 6.54 Å². The molecule has 0 radical (unpaired) electrons. The maximum absolute atomic E-state index is 12.1. The van der Waals surface area contributed by atoms with Gasteiger partial charge in [0.15, 0.2) is 4.96 Å². The highest BCUT2D eigenvalue weighted by Crippen LogP contribution is 2.17. The minimum absolute atomic E-state index is 0.0121. The van der Waals surface area contributed by atoms with Crippen molar-refractivity contribution in [1.29, 1.82) is 0 Å². The number of thiazole rings is 1. The first kappa shape index (κ1) is 13.7. The average Bonchev–Trinajstić information content (AvgIpc) is 2.69. The maximum Gasteiger partial charge on any atom is 0.259 e. The Bertz CT molecular complexity index is 667. The summed E-state index contributed by atoms with van der Waals surface area (Å²) in [5.74, 6) is 0.604. The van der Waals surface area contributed by atoms with E-state index in [2.05, 4.69) is 16.8 Å². The summed E-state index contributed by atoms with van der Waals surface area (Å²) in [5.41, 5.74) is 7.87. The van der Waals surface area contributed by atoms with Crippen LogP contribution in [0.25, 0.3) is 4.96 Å². The first-order chi connectivity index (χ1) is 9.52. The van der Waals surface area contributed by atoms with Crippen LogP contribution in [0, 0.1) is 12.8 Å². The lowest BCUT2D eigenvalue weighted by Gasteiger charge is -2.34. The molecule has 1 aliphatic rings. The second kappa shape index (κ2) is 5.27. The van der Waals surface area contributed by atoms with Crippen molar-refractivity contribution in [2.24, 2.45) is 11.7 Å². The fourth-order valence-corrected chi connectivity index (χ4v) is 3.94. The molecule has 108 valence electrons. The Morgan fingerprint density at radius 3 is 3.05 bits per heavy atom. The molecule has 0 aliphatic carbocycles. The van der Waals surface area contributed by atoms with E-state index in [4.69, 9.17) is 5.73 Å². The fraction of sp³-hybridized carbons (Fsp3) is 0.571. The van der Waals surface area contributed by atoms with Crippen molar-refractivity contribution in [3.05, 3.63) is 33.2 Å². The Balaban J connectivity index is 1.86. The summed E-state index contributed by atoms with van der Waals surface area (Å²) in [6.45, 7) is 6.77. The number of hydrogen-bond acceptors (Lipinski definition) is 5. The van der Waals surface area contributed by atoms with Gasteiger partial charge in [0.05, 0.1) is 5.69 Å². The van der Waals surface area contributed by atoms with E-state index >= 15 is 0 Å². The van der Waals surface area contributed by atoms with Gasteiger partial charge in [-0.15, -0.1) is 11.3 Å². The number of hydrogen-bond donors (Lipinski definition) is 1. The molecule has 6 heteroatoms. The molecule has 0 spiro atoms. The molecule has 1 fully saturated rings. The minimum Gasteiger partial charge on any atom is -0.327 e. The van der Waals surface area contributed by atoms with Crippen LogP contribution in [0.4, 0.5) is 0 Å². The van der Waals surface area contributed by atoms with Gasteiger partial charge in [0, 0.05) is 42.8 Å². The van der Waals surface area contributed by atoms with E-state index in [1.165, 1.54) is 11.3 Å². The molecule has 2 unspecified atom stereocenters. The summed E-state index contributed by atoms with van der Waals surface area (Å²) in [7, 11) is 0. The van der Waals surface area contributed by atoms with Crippen LogP contribution in [-0.4, -0.2) is 33.4 Å². The van der Waals surface area contributed by atoms with Crippen LogP contribution in [0.5, 0.6) is 0 Å². The van der Waals surface area contributed by atoms with E-state index in [9.17, 15) is 4.79 Å². The molecule has 20 heavy (non-hydrogen) atoms. The smallest absolute Gasteiger partial charge is 0.259 e. The second-order valence-corrected chi connectivity index (χ2v) is 6.71. The standard InChI is InChI=1S/C14H20N4OS/c1-9-3-11(15)6-17(5-9)7-12-4-13(19)18-10(2)8-20-14(18)16-12/h4,8-9,11H,3,5-7,15H2,1-2H3. The van der Waals surface area contributed by atoms with Gasteiger partial charge < -0.3 is 5.73 Å². The summed E-state index contributed by atoms with van der Waals surface area (Å²) >= 11 is 1.51. The van der Waals surface area contributed by atoms with Crippen molar-refractivity contribution in [1.82, 2.24) is 14.3 Å². The van der Waals surface area contributed by atoms with Crippen molar-refractivity contribution >= 4 is 16.3 Å². The first-order valence-electron chi connectivity index (χ1n) is 6.97. The van der Waals surface area contributed by atoms with Crippen molar-refractivity contribution in [3.63, 3.8) is 0 Å². The van der Waals surface area contributed by atoms with Crippen LogP contribution in [0.1, 0.15) is 24.7 Å². The molecule has 5 nitrogen and oxygen atoms in total. The Morgan fingerprint density at radius 2 is 2.30 bits per heavy atom. The zero-order chi connectivity index (χ0) is 14.3. The molecule has 0 aromatic carbocycles. The number of likely N-dealkylation sites (tertiary alicyclic amines) is 1. The lowest BCUT2D eigenvalue weighted by Crippen LogP contribution is -2.46. The minimum atomic E-state index is 0.0121. The predicted molar refractivity (Wildman–Crippen MR) is 81.1 cm³/mol. The predicted octanol–water partition coefficient (Wildman–Crippen LogP) is 1.23. The topological polar surface area (TPSA) is 63.6 Å². The summed E-state index contributed by atoms with van der Waals surface area (Å²) < 4.78 is 1.67. The van der Waals surface area contributed by atoms with Gasteiger partial charge in [-0.2, -0.15) is 0 Å². The van der Waals surface area contributed by atoms with E-state index < -0.39 is 0 Å². The third-order valence-corrected chi connectivity index (χ3v) is 4.73. The molecule has 0 saturated carbocycles. The Labute approximate surface area is 122 Å². The third kappa shape index (κ3) is 2.63. The van der Waals surface area contributed by atoms with Crippen molar-refractivity contribution in [3.8, 4) is 0 Å². The largest absolute Gasteiger partial charge is 0.327 e. The number of aromatic nitrogens is 2. The Morgan fingerprint density at radius 1 is 1.50 bits per heavy atom. The molecule has 1 saturated heterocycles. The fourth-order valence-electron chi connectivity index (χ4n) is 3.05. The van der Waals surface area contributed by atoms with Crippen molar-refractivity contribution in [2.45, 2.75) is 32.9 Å². The lowest BCUT2D eigenvalue weighted by atomic mass is 9.96. The average molecular weight is 292 g/mol. The van der Waals surface area contributed by atoms with Gasteiger partial charge in [-0.05, 0) is 19.3 Å². The SMILES string of the molecule is Cc1csc2nc(CN3CC(C)CC(N)C3)cc(=O)n12. The lowest BCUT2D eigenvalue weighted by molar-refractivity contribution is 0.157. The van der Waals surface area contributed by atoms with Gasteiger partial charge in [-0.3, -0.25) is 14.1 Å². The van der Waals surface area contributed by atoms with E-state index in [1.807, 2.05) is 12.3 Å². The van der Waals surface area contributed by atoms with Crippen molar-refractivity contribution in [2.75, 3.05) is 13.1 Å². The maximum atomic E-state index is 12.1. The normalized spacial score (nSPS) is 24.4. The highest BCUT2D eigenvalue weighted by Gasteiger charge is 2.22. The number of nitrogens with zero attached hydrogens (tertiary/aromatic N) is 3. The van der Waals surface area contributed by atoms with Crippen LogP contribution in [0.15, 0.2) is 16.2 Å².